The maximum absolute atomic E-state index is 14.1. The molecule has 3 nitrogen and oxygen atoms in total. The van der Waals surface area contributed by atoms with Crippen LogP contribution in [0.5, 0.6) is 0 Å². The number of hydrogen-bond donors (Lipinski definition) is 1. The van der Waals surface area contributed by atoms with E-state index in [0.717, 1.165) is 38.3 Å². The van der Waals surface area contributed by atoms with E-state index in [2.05, 4.69) is 36.0 Å². The highest BCUT2D eigenvalue weighted by Gasteiger charge is 2.25. The predicted octanol–water partition coefficient (Wildman–Crippen LogP) is 2.50. The van der Waals surface area contributed by atoms with Gasteiger partial charge >= 0.3 is 0 Å². The van der Waals surface area contributed by atoms with Crippen LogP contribution in [0.2, 0.25) is 0 Å². The third kappa shape index (κ3) is 4.25. The van der Waals surface area contributed by atoms with Gasteiger partial charge in [-0.2, -0.15) is 0 Å². The predicted molar refractivity (Wildman–Crippen MR) is 86.0 cm³/mol. The van der Waals surface area contributed by atoms with Gasteiger partial charge in [0, 0.05) is 43.8 Å². The first-order valence-electron chi connectivity index (χ1n) is 8.06. The van der Waals surface area contributed by atoms with Gasteiger partial charge in [-0.15, -0.1) is 0 Å². The Morgan fingerprint density at radius 1 is 1.29 bits per heavy atom. The van der Waals surface area contributed by atoms with Crippen molar-refractivity contribution in [3.05, 3.63) is 35.6 Å². The molecule has 0 bridgehead atoms. The molecule has 1 aromatic carbocycles. The van der Waals surface area contributed by atoms with E-state index in [1.807, 2.05) is 12.1 Å². The number of likely N-dealkylation sites (N-methyl/N-ethyl adjacent to an activating group) is 2. The fourth-order valence-corrected chi connectivity index (χ4v) is 3.15. The summed E-state index contributed by atoms with van der Waals surface area (Å²) in [4.78, 5) is 4.90. The highest BCUT2D eigenvalue weighted by molar-refractivity contribution is 5.21. The molecular weight excluding hydrogens is 265 g/mol. The highest BCUT2D eigenvalue weighted by atomic mass is 19.1. The van der Waals surface area contributed by atoms with Crippen molar-refractivity contribution < 1.29 is 4.39 Å². The summed E-state index contributed by atoms with van der Waals surface area (Å²) in [5.41, 5.74) is 0.784. The van der Waals surface area contributed by atoms with Gasteiger partial charge < -0.3 is 10.2 Å². The number of piperazine rings is 1. The van der Waals surface area contributed by atoms with Crippen molar-refractivity contribution in [2.45, 2.75) is 32.4 Å². The lowest BCUT2D eigenvalue weighted by Crippen LogP contribution is -2.52. The first-order chi connectivity index (χ1) is 10.2. The molecule has 1 aliphatic rings. The monoisotopic (exact) mass is 293 g/mol. The molecule has 2 rings (SSSR count). The number of hydrogen-bond acceptors (Lipinski definition) is 3. The van der Waals surface area contributed by atoms with E-state index < -0.39 is 0 Å². The average molecular weight is 293 g/mol. The second-order valence-electron chi connectivity index (χ2n) is 5.93. The molecule has 1 N–H and O–H groups in total. The molecule has 0 radical (unpaired) electrons. The molecule has 0 spiro atoms. The Morgan fingerprint density at radius 2 is 2.05 bits per heavy atom. The second kappa shape index (κ2) is 7.87. The Balaban J connectivity index is 2.05. The van der Waals surface area contributed by atoms with Crippen LogP contribution in [0.4, 0.5) is 4.39 Å². The summed E-state index contributed by atoms with van der Waals surface area (Å²) in [5, 5.41) is 3.44. The lowest BCUT2D eigenvalue weighted by molar-refractivity contribution is 0.0857. The van der Waals surface area contributed by atoms with Gasteiger partial charge in [0.2, 0.25) is 0 Å². The van der Waals surface area contributed by atoms with Crippen molar-refractivity contribution in [1.29, 1.82) is 0 Å². The summed E-state index contributed by atoms with van der Waals surface area (Å²) in [6, 6.07) is 7.81. The van der Waals surface area contributed by atoms with E-state index in [-0.39, 0.29) is 11.9 Å². The molecule has 118 valence electrons. The zero-order chi connectivity index (χ0) is 15.2. The maximum Gasteiger partial charge on any atom is 0.128 e. The topological polar surface area (TPSA) is 18.5 Å². The fourth-order valence-electron chi connectivity index (χ4n) is 3.15. The van der Waals surface area contributed by atoms with Crippen LogP contribution in [-0.2, 0) is 0 Å². The van der Waals surface area contributed by atoms with Crippen molar-refractivity contribution >= 4 is 0 Å². The molecule has 1 fully saturated rings. The molecule has 0 aromatic heterocycles. The van der Waals surface area contributed by atoms with E-state index in [4.69, 9.17) is 0 Å². The van der Waals surface area contributed by atoms with Crippen LogP contribution in [0.1, 0.15) is 31.9 Å². The Morgan fingerprint density at radius 3 is 2.71 bits per heavy atom. The van der Waals surface area contributed by atoms with E-state index in [9.17, 15) is 4.39 Å². The van der Waals surface area contributed by atoms with Gasteiger partial charge in [0.15, 0.2) is 0 Å². The van der Waals surface area contributed by atoms with Crippen LogP contribution < -0.4 is 5.32 Å². The number of benzene rings is 1. The third-order valence-corrected chi connectivity index (χ3v) is 4.50. The molecule has 0 aliphatic carbocycles. The average Bonchev–Trinajstić information content (AvgIpc) is 2.49. The summed E-state index contributed by atoms with van der Waals surface area (Å²) in [6.07, 6.45) is 1.17. The first-order valence-corrected chi connectivity index (χ1v) is 8.06. The lowest BCUT2D eigenvalue weighted by atomic mass is 10.0. The summed E-state index contributed by atoms with van der Waals surface area (Å²) < 4.78 is 14.1. The van der Waals surface area contributed by atoms with Gasteiger partial charge in [-0.1, -0.05) is 32.0 Å². The zero-order valence-corrected chi connectivity index (χ0v) is 13.5. The van der Waals surface area contributed by atoms with Crippen molar-refractivity contribution in [2.24, 2.45) is 0 Å². The molecule has 1 aromatic rings. The fraction of sp³-hybridized carbons (Fsp3) is 0.647. The number of nitrogens with one attached hydrogen (secondary N) is 1. The summed E-state index contributed by atoms with van der Waals surface area (Å²) in [6.45, 7) is 9.26. The molecule has 2 atom stereocenters. The molecule has 0 amide bonds. The zero-order valence-electron chi connectivity index (χ0n) is 13.5. The van der Waals surface area contributed by atoms with Crippen molar-refractivity contribution in [2.75, 3.05) is 39.8 Å². The van der Waals surface area contributed by atoms with Gasteiger partial charge in [-0.05, 0) is 26.1 Å². The summed E-state index contributed by atoms with van der Waals surface area (Å²) >= 11 is 0. The Bertz CT molecular complexity index is 438. The minimum atomic E-state index is -0.107. The van der Waals surface area contributed by atoms with Crippen LogP contribution >= 0.6 is 0 Å². The van der Waals surface area contributed by atoms with Gasteiger partial charge in [0.1, 0.15) is 5.82 Å². The van der Waals surface area contributed by atoms with Gasteiger partial charge in [0.25, 0.3) is 0 Å². The number of rotatable bonds is 6. The minimum Gasteiger partial charge on any atom is -0.309 e. The molecule has 2 unspecified atom stereocenters. The smallest absolute Gasteiger partial charge is 0.128 e. The SMILES string of the molecule is CCNC(CN1CCN(C)C(CC)C1)c1ccccc1F. The van der Waals surface area contributed by atoms with Crippen LogP contribution in [0.3, 0.4) is 0 Å². The standard InChI is InChI=1S/C17H28FN3/c1-4-14-12-21(11-10-20(14)3)13-17(19-5-2)15-8-6-7-9-16(15)18/h6-9,14,17,19H,4-5,10-13H2,1-3H3. The van der Waals surface area contributed by atoms with Gasteiger partial charge in [0.05, 0.1) is 0 Å². The first kappa shape index (κ1) is 16.4. The summed E-state index contributed by atoms with van der Waals surface area (Å²) in [7, 11) is 2.20. The van der Waals surface area contributed by atoms with Crippen LogP contribution in [-0.4, -0.2) is 55.6 Å². The Kier molecular flexibility index (Phi) is 6.15. The molecular formula is C17H28FN3. The van der Waals surface area contributed by atoms with E-state index in [1.54, 1.807) is 12.1 Å². The van der Waals surface area contributed by atoms with E-state index in [1.165, 1.54) is 6.42 Å². The normalized spacial score (nSPS) is 22.4. The molecule has 21 heavy (non-hydrogen) atoms. The van der Waals surface area contributed by atoms with Crippen LogP contribution in [0.25, 0.3) is 0 Å². The van der Waals surface area contributed by atoms with Crippen molar-refractivity contribution in [3.8, 4) is 0 Å². The quantitative estimate of drug-likeness (QED) is 0.869. The largest absolute Gasteiger partial charge is 0.309 e. The van der Waals surface area contributed by atoms with E-state index in [0.29, 0.717) is 6.04 Å². The van der Waals surface area contributed by atoms with Gasteiger partial charge in [-0.25, -0.2) is 4.39 Å². The number of halogens is 1. The maximum atomic E-state index is 14.1. The number of nitrogens with zero attached hydrogens (tertiary/aromatic N) is 2. The van der Waals surface area contributed by atoms with Gasteiger partial charge in [-0.3, -0.25) is 4.90 Å². The Labute approximate surface area is 128 Å². The highest BCUT2D eigenvalue weighted by Crippen LogP contribution is 2.20. The molecule has 1 saturated heterocycles. The van der Waals surface area contributed by atoms with Crippen LogP contribution in [0.15, 0.2) is 24.3 Å². The van der Waals surface area contributed by atoms with Crippen LogP contribution in [0, 0.1) is 5.82 Å². The molecule has 1 heterocycles. The lowest BCUT2D eigenvalue weighted by Gasteiger charge is -2.40. The minimum absolute atomic E-state index is 0.0668. The van der Waals surface area contributed by atoms with Crippen molar-refractivity contribution in [1.82, 2.24) is 15.1 Å². The summed E-state index contributed by atoms with van der Waals surface area (Å²) in [5.74, 6) is -0.107. The third-order valence-electron chi connectivity index (χ3n) is 4.50. The molecule has 1 aliphatic heterocycles. The molecule has 4 heteroatoms. The Hall–Kier alpha value is -0.970. The molecule has 0 saturated carbocycles. The second-order valence-corrected chi connectivity index (χ2v) is 5.93. The van der Waals surface area contributed by atoms with Crippen molar-refractivity contribution in [3.63, 3.8) is 0 Å². The van der Waals surface area contributed by atoms with E-state index >= 15 is 0 Å².